The lowest BCUT2D eigenvalue weighted by molar-refractivity contribution is 0.193. The Morgan fingerprint density at radius 2 is 2.03 bits per heavy atom. The number of aromatic nitrogens is 5. The van der Waals surface area contributed by atoms with Gasteiger partial charge in [-0.15, -0.1) is 0 Å². The Labute approximate surface area is 213 Å². The third-order valence-corrected chi connectivity index (χ3v) is 9.10. The number of halogens is 1. The van der Waals surface area contributed by atoms with Crippen LogP contribution in [-0.2, 0) is 16.3 Å². The summed E-state index contributed by atoms with van der Waals surface area (Å²) in [5.41, 5.74) is 3.37. The van der Waals surface area contributed by atoms with Crippen molar-refractivity contribution >= 4 is 37.7 Å². The van der Waals surface area contributed by atoms with Crippen molar-refractivity contribution in [1.29, 1.82) is 0 Å². The van der Waals surface area contributed by atoms with Gasteiger partial charge in [0, 0.05) is 51.6 Å². The second kappa shape index (κ2) is 9.47. The number of benzene rings is 2. The minimum atomic E-state index is -2.09. The fourth-order valence-electron chi connectivity index (χ4n) is 4.71. The second-order valence-corrected chi connectivity index (χ2v) is 11.8. The van der Waals surface area contributed by atoms with Crippen LogP contribution in [0.3, 0.4) is 0 Å². The molecule has 37 heavy (non-hydrogen) atoms. The Morgan fingerprint density at radius 1 is 1.16 bits per heavy atom. The van der Waals surface area contributed by atoms with Crippen LogP contribution >= 0.6 is 0 Å². The van der Waals surface area contributed by atoms with Crippen molar-refractivity contribution in [1.82, 2.24) is 24.4 Å². The van der Waals surface area contributed by atoms with Gasteiger partial charge in [-0.1, -0.05) is 12.1 Å². The van der Waals surface area contributed by atoms with Gasteiger partial charge in [0.1, 0.15) is 23.8 Å². The normalized spacial score (nSPS) is 19.8. The molecule has 1 N–H and O–H groups in total. The highest BCUT2D eigenvalue weighted by Gasteiger charge is 2.25. The van der Waals surface area contributed by atoms with Crippen LogP contribution in [0.1, 0.15) is 18.4 Å². The number of nitrogens with zero attached hydrogens (tertiary/aromatic N) is 6. The van der Waals surface area contributed by atoms with Gasteiger partial charge in [0.15, 0.2) is 11.6 Å². The molecule has 0 radical (unpaired) electrons. The molecule has 0 saturated carbocycles. The maximum Gasteiger partial charge on any atom is 0.162 e. The van der Waals surface area contributed by atoms with Gasteiger partial charge in [-0.3, -0.25) is 4.68 Å². The summed E-state index contributed by atoms with van der Waals surface area (Å²) in [7, 11) is -0.456. The molecule has 0 bridgehead atoms. The number of ether oxygens (including phenoxy) is 1. The van der Waals surface area contributed by atoms with Gasteiger partial charge in [0.05, 0.1) is 18.3 Å². The van der Waals surface area contributed by atoms with Crippen LogP contribution in [0, 0.1) is 5.82 Å². The first-order valence-electron chi connectivity index (χ1n) is 12.1. The van der Waals surface area contributed by atoms with Gasteiger partial charge in [-0.2, -0.15) is 10.2 Å². The molecule has 5 aromatic rings. The maximum absolute atomic E-state index is 13.6. The molecule has 190 valence electrons. The van der Waals surface area contributed by atoms with Crippen molar-refractivity contribution in [2.24, 2.45) is 4.36 Å². The molecule has 0 amide bonds. The molecule has 4 heterocycles. The third-order valence-electron chi connectivity index (χ3n) is 6.69. The van der Waals surface area contributed by atoms with Crippen LogP contribution < -0.4 is 10.1 Å². The number of hydrogen-bond acceptors (Lipinski definition) is 7. The molecule has 3 aromatic heterocycles. The Kier molecular flexibility index (Phi) is 5.99. The zero-order valence-electron chi connectivity index (χ0n) is 20.2. The fraction of sp³-hybridized carbons (Fsp3) is 0.269. The highest BCUT2D eigenvalue weighted by molar-refractivity contribution is 7.93. The van der Waals surface area contributed by atoms with E-state index in [9.17, 15) is 8.60 Å². The summed E-state index contributed by atoms with van der Waals surface area (Å²) in [6.45, 7) is 0.480. The van der Waals surface area contributed by atoms with Gasteiger partial charge in [-0.05, 0) is 48.7 Å². The van der Waals surface area contributed by atoms with Crippen molar-refractivity contribution in [3.63, 3.8) is 0 Å². The van der Waals surface area contributed by atoms with Gasteiger partial charge in [-0.25, -0.2) is 22.5 Å². The van der Waals surface area contributed by atoms with Crippen molar-refractivity contribution < 1.29 is 13.3 Å². The van der Waals surface area contributed by atoms with E-state index in [2.05, 4.69) is 24.9 Å². The van der Waals surface area contributed by atoms with E-state index in [1.54, 1.807) is 23.8 Å². The summed E-state index contributed by atoms with van der Waals surface area (Å²) >= 11 is 0. The average Bonchev–Trinajstić information content (AvgIpc) is 3.50. The molecule has 0 aliphatic carbocycles. The predicted octanol–water partition coefficient (Wildman–Crippen LogP) is 4.65. The maximum atomic E-state index is 13.6. The standard InChI is InChI=1S/C26H26FN7O2S/c1-28-37(35)11-8-22(9-12-37)36-24-7-10-33-25(24)26(29-17-31-33)32-21-5-6-23-19(14-21)15-30-34(23)16-18-3-2-4-20(27)13-18/h2-7,10,13-15,17,22H,8-9,11-12,16H2,1H3,(H,29,31,32). The molecule has 1 fully saturated rings. The Balaban J connectivity index is 1.24. The monoisotopic (exact) mass is 519 g/mol. The summed E-state index contributed by atoms with van der Waals surface area (Å²) in [4.78, 5) is 4.47. The average molecular weight is 520 g/mol. The summed E-state index contributed by atoms with van der Waals surface area (Å²) in [6, 6.07) is 14.4. The largest absolute Gasteiger partial charge is 0.488 e. The molecule has 0 spiro atoms. The molecule has 1 aliphatic heterocycles. The predicted molar refractivity (Wildman–Crippen MR) is 141 cm³/mol. The minimum absolute atomic E-state index is 0.0316. The number of rotatable bonds is 6. The van der Waals surface area contributed by atoms with E-state index >= 15 is 0 Å². The Hall–Kier alpha value is -3.99. The molecular formula is C26H26FN7O2S. The van der Waals surface area contributed by atoms with Gasteiger partial charge in [0.2, 0.25) is 0 Å². The lowest BCUT2D eigenvalue weighted by Gasteiger charge is -2.25. The van der Waals surface area contributed by atoms with Gasteiger partial charge < -0.3 is 10.1 Å². The van der Waals surface area contributed by atoms with Crippen LogP contribution in [-0.4, -0.2) is 53.2 Å². The number of fused-ring (bicyclic) bond motifs is 2. The van der Waals surface area contributed by atoms with Crippen LogP contribution in [0.15, 0.2) is 71.6 Å². The molecule has 9 nitrogen and oxygen atoms in total. The quantitative estimate of drug-likeness (QED) is 0.351. The second-order valence-electron chi connectivity index (χ2n) is 9.09. The molecule has 11 heteroatoms. The van der Waals surface area contributed by atoms with Crippen molar-refractivity contribution in [2.45, 2.75) is 25.5 Å². The first-order valence-corrected chi connectivity index (χ1v) is 13.9. The van der Waals surface area contributed by atoms with Crippen LogP contribution in [0.2, 0.25) is 0 Å². The van der Waals surface area contributed by atoms with Crippen molar-refractivity contribution in [3.8, 4) is 5.75 Å². The lowest BCUT2D eigenvalue weighted by Crippen LogP contribution is -2.30. The minimum Gasteiger partial charge on any atom is -0.488 e. The molecule has 1 aliphatic rings. The van der Waals surface area contributed by atoms with E-state index in [-0.39, 0.29) is 11.9 Å². The van der Waals surface area contributed by atoms with Crippen LogP contribution in [0.4, 0.5) is 15.9 Å². The molecule has 0 unspecified atom stereocenters. The van der Waals surface area contributed by atoms with E-state index in [1.807, 2.05) is 41.2 Å². The molecule has 2 aromatic carbocycles. The molecular weight excluding hydrogens is 493 g/mol. The highest BCUT2D eigenvalue weighted by atomic mass is 32.2. The zero-order chi connectivity index (χ0) is 25.4. The number of anilines is 2. The van der Waals surface area contributed by atoms with E-state index in [0.717, 1.165) is 27.7 Å². The third kappa shape index (κ3) is 4.74. The van der Waals surface area contributed by atoms with Gasteiger partial charge in [0.25, 0.3) is 0 Å². The van der Waals surface area contributed by atoms with Crippen molar-refractivity contribution in [2.75, 3.05) is 23.9 Å². The lowest BCUT2D eigenvalue weighted by atomic mass is 10.2. The zero-order valence-corrected chi connectivity index (χ0v) is 21.1. The summed E-state index contributed by atoms with van der Waals surface area (Å²) in [5.74, 6) is 2.14. The Morgan fingerprint density at radius 3 is 2.84 bits per heavy atom. The van der Waals surface area contributed by atoms with Crippen LogP contribution in [0.25, 0.3) is 16.4 Å². The summed E-state index contributed by atoms with van der Waals surface area (Å²) in [5, 5.41) is 13.2. The topological polar surface area (TPSA) is 98.7 Å². The van der Waals surface area contributed by atoms with E-state index in [1.165, 1.54) is 18.5 Å². The smallest absolute Gasteiger partial charge is 0.162 e. The molecule has 0 atom stereocenters. The van der Waals surface area contributed by atoms with E-state index < -0.39 is 9.73 Å². The van der Waals surface area contributed by atoms with Crippen LogP contribution in [0.5, 0.6) is 5.75 Å². The van der Waals surface area contributed by atoms with Gasteiger partial charge >= 0.3 is 0 Å². The Bertz CT molecular complexity index is 1710. The molecule has 6 rings (SSSR count). The van der Waals surface area contributed by atoms with Crippen molar-refractivity contribution in [3.05, 3.63) is 78.6 Å². The first-order chi connectivity index (χ1) is 18.0. The highest BCUT2D eigenvalue weighted by Crippen LogP contribution is 2.31. The molecule has 1 saturated heterocycles. The SMILES string of the molecule is CN=S1(=O)CCC(Oc2ccn3ncnc(Nc4ccc5c(cnn5Cc5cccc(F)c5)c4)c23)CC1. The number of nitrogens with one attached hydrogen (secondary N) is 1. The summed E-state index contributed by atoms with van der Waals surface area (Å²) < 4.78 is 40.1. The first kappa shape index (κ1) is 23.4. The fourth-order valence-corrected chi connectivity index (χ4v) is 6.54. The summed E-state index contributed by atoms with van der Waals surface area (Å²) in [6.07, 6.45) is 6.49. The van der Waals surface area contributed by atoms with E-state index in [4.69, 9.17) is 4.74 Å². The van der Waals surface area contributed by atoms with E-state index in [0.29, 0.717) is 42.5 Å². The number of hydrogen-bond donors (Lipinski definition) is 1.